The molecule has 1 amide bonds. The summed E-state index contributed by atoms with van der Waals surface area (Å²) in [5, 5.41) is 2.90. The second-order valence-corrected chi connectivity index (χ2v) is 5.18. The van der Waals surface area contributed by atoms with Crippen LogP contribution in [0, 0.1) is 0 Å². The van der Waals surface area contributed by atoms with Crippen LogP contribution in [-0.2, 0) is 4.79 Å². The second-order valence-electron chi connectivity index (χ2n) is 5.18. The monoisotopic (exact) mass is 299 g/mol. The van der Waals surface area contributed by atoms with Gasteiger partial charge in [0.1, 0.15) is 0 Å². The minimum atomic E-state index is -0.764. The fourth-order valence-electron chi connectivity index (χ4n) is 1.98. The van der Waals surface area contributed by atoms with Crippen molar-refractivity contribution in [2.75, 3.05) is 25.0 Å². The lowest BCUT2D eigenvalue weighted by atomic mass is 9.97. The van der Waals surface area contributed by atoms with Gasteiger partial charge in [-0.2, -0.15) is 0 Å². The Morgan fingerprint density at radius 1 is 1.35 bits per heavy atom. The second kappa shape index (κ2) is 8.82. The third-order valence-corrected chi connectivity index (χ3v) is 3.22. The Morgan fingerprint density at radius 3 is 2.50 bits per heavy atom. The van der Waals surface area contributed by atoms with E-state index >= 15 is 0 Å². The van der Waals surface area contributed by atoms with Crippen LogP contribution in [0.4, 0.5) is 5.69 Å². The Hall–Kier alpha value is -1.26. The number of hydrogen-bond donors (Lipinski definition) is 2. The van der Waals surface area contributed by atoms with Crippen molar-refractivity contribution in [2.45, 2.75) is 32.2 Å². The summed E-state index contributed by atoms with van der Waals surface area (Å²) in [5.41, 5.74) is 6.35. The number of carbonyl (C=O) groups excluding carboxylic acids is 1. The molecule has 3 N–H and O–H groups in total. The van der Waals surface area contributed by atoms with Gasteiger partial charge >= 0.3 is 0 Å². The Labute approximate surface area is 128 Å². The summed E-state index contributed by atoms with van der Waals surface area (Å²) in [7, 11) is 2.01. The van der Waals surface area contributed by atoms with E-state index < -0.39 is 5.54 Å². The van der Waals surface area contributed by atoms with Crippen LogP contribution in [0.5, 0.6) is 0 Å². The molecule has 5 heteroatoms. The summed E-state index contributed by atoms with van der Waals surface area (Å²) in [6.45, 7) is 5.17. The standard InChI is InChI=1S/C15H25N3O.ClH/c1-4-10-15(2,16)14(19)17-11-12-18(3)13-8-6-5-7-9-13;/h5-9H,4,10-12,16H2,1-3H3,(H,17,19);1H. The third-order valence-electron chi connectivity index (χ3n) is 3.22. The first-order chi connectivity index (χ1) is 8.97. The largest absolute Gasteiger partial charge is 0.373 e. The average Bonchev–Trinajstić information content (AvgIpc) is 2.39. The number of rotatable bonds is 7. The van der Waals surface area contributed by atoms with Crippen LogP contribution in [0.25, 0.3) is 0 Å². The molecule has 0 fully saturated rings. The lowest BCUT2D eigenvalue weighted by Gasteiger charge is -2.24. The zero-order valence-electron chi connectivity index (χ0n) is 12.6. The van der Waals surface area contributed by atoms with Gasteiger partial charge in [-0.1, -0.05) is 31.5 Å². The zero-order valence-corrected chi connectivity index (χ0v) is 13.4. The highest BCUT2D eigenvalue weighted by atomic mass is 35.5. The van der Waals surface area contributed by atoms with Crippen molar-refractivity contribution >= 4 is 24.0 Å². The van der Waals surface area contributed by atoms with Crippen LogP contribution in [0.2, 0.25) is 0 Å². The maximum atomic E-state index is 11.9. The maximum absolute atomic E-state index is 11.9. The number of halogens is 1. The van der Waals surface area contributed by atoms with Crippen molar-refractivity contribution in [3.8, 4) is 0 Å². The first-order valence-electron chi connectivity index (χ1n) is 6.80. The van der Waals surface area contributed by atoms with E-state index in [1.54, 1.807) is 6.92 Å². The molecule has 0 saturated heterocycles. The molecule has 1 rings (SSSR count). The molecule has 1 aromatic rings. The number of carbonyl (C=O) groups is 1. The molecule has 0 aliphatic heterocycles. The molecule has 0 aliphatic rings. The highest BCUT2D eigenvalue weighted by Crippen LogP contribution is 2.10. The number of benzene rings is 1. The minimum Gasteiger partial charge on any atom is -0.373 e. The fraction of sp³-hybridized carbons (Fsp3) is 0.533. The lowest BCUT2D eigenvalue weighted by Crippen LogP contribution is -2.52. The van der Waals surface area contributed by atoms with Gasteiger partial charge in [0.2, 0.25) is 5.91 Å². The molecule has 0 aliphatic carbocycles. The summed E-state index contributed by atoms with van der Waals surface area (Å²) >= 11 is 0. The first-order valence-corrected chi connectivity index (χ1v) is 6.80. The predicted octanol–water partition coefficient (Wildman–Crippen LogP) is 2.18. The SMILES string of the molecule is CCCC(C)(N)C(=O)NCCN(C)c1ccccc1.Cl. The van der Waals surface area contributed by atoms with Gasteiger partial charge in [-0.3, -0.25) is 4.79 Å². The molecule has 1 atom stereocenters. The van der Waals surface area contributed by atoms with Crippen molar-refractivity contribution < 1.29 is 4.79 Å². The number of nitrogens with zero attached hydrogens (tertiary/aromatic N) is 1. The molecule has 0 spiro atoms. The maximum Gasteiger partial charge on any atom is 0.239 e. The van der Waals surface area contributed by atoms with Crippen LogP contribution >= 0.6 is 12.4 Å². The van der Waals surface area contributed by atoms with Crippen molar-refractivity contribution in [1.82, 2.24) is 5.32 Å². The van der Waals surface area contributed by atoms with Crippen LogP contribution in [0.3, 0.4) is 0 Å². The normalized spacial score (nSPS) is 13.0. The molecule has 1 unspecified atom stereocenters. The van der Waals surface area contributed by atoms with Crippen molar-refractivity contribution in [1.29, 1.82) is 0 Å². The Balaban J connectivity index is 0.00000361. The molecule has 20 heavy (non-hydrogen) atoms. The van der Waals surface area contributed by atoms with E-state index in [0.717, 1.165) is 18.7 Å². The topological polar surface area (TPSA) is 58.4 Å². The lowest BCUT2D eigenvalue weighted by molar-refractivity contribution is -0.125. The smallest absolute Gasteiger partial charge is 0.239 e. The highest BCUT2D eigenvalue weighted by molar-refractivity contribution is 5.85. The van der Waals surface area contributed by atoms with E-state index in [0.29, 0.717) is 13.0 Å². The molecule has 1 aromatic carbocycles. The number of likely N-dealkylation sites (N-methyl/N-ethyl adjacent to an activating group) is 1. The van der Waals surface area contributed by atoms with E-state index in [4.69, 9.17) is 5.73 Å². The number of para-hydroxylation sites is 1. The van der Waals surface area contributed by atoms with Gasteiger partial charge in [0, 0.05) is 25.8 Å². The van der Waals surface area contributed by atoms with Gasteiger partial charge < -0.3 is 16.0 Å². The fourth-order valence-corrected chi connectivity index (χ4v) is 1.98. The van der Waals surface area contributed by atoms with Crippen molar-refractivity contribution in [3.63, 3.8) is 0 Å². The third kappa shape index (κ3) is 5.80. The van der Waals surface area contributed by atoms with Gasteiger partial charge in [0.05, 0.1) is 5.54 Å². The number of hydrogen-bond acceptors (Lipinski definition) is 3. The van der Waals surface area contributed by atoms with E-state index in [1.165, 1.54) is 0 Å². The van der Waals surface area contributed by atoms with Gasteiger partial charge in [0.15, 0.2) is 0 Å². The number of nitrogens with one attached hydrogen (secondary N) is 1. The summed E-state index contributed by atoms with van der Waals surface area (Å²) in [5.74, 6) is -0.0733. The predicted molar refractivity (Wildman–Crippen MR) is 87.5 cm³/mol. The summed E-state index contributed by atoms with van der Waals surface area (Å²) in [6, 6.07) is 10.1. The molecule has 0 aromatic heterocycles. The quantitative estimate of drug-likeness (QED) is 0.811. The summed E-state index contributed by atoms with van der Waals surface area (Å²) < 4.78 is 0. The molecule has 0 bridgehead atoms. The number of amides is 1. The number of nitrogens with two attached hydrogens (primary N) is 1. The average molecular weight is 300 g/mol. The molecule has 114 valence electrons. The highest BCUT2D eigenvalue weighted by Gasteiger charge is 2.26. The summed E-state index contributed by atoms with van der Waals surface area (Å²) in [6.07, 6.45) is 1.61. The molecule has 0 radical (unpaired) electrons. The molecule has 0 saturated carbocycles. The Bertz CT molecular complexity index is 395. The molecular formula is C15H26ClN3O. The van der Waals surface area contributed by atoms with Gasteiger partial charge in [-0.15, -0.1) is 12.4 Å². The van der Waals surface area contributed by atoms with E-state index in [1.807, 2.05) is 44.3 Å². The first kappa shape index (κ1) is 18.7. The van der Waals surface area contributed by atoms with E-state index in [-0.39, 0.29) is 18.3 Å². The van der Waals surface area contributed by atoms with Crippen LogP contribution in [-0.4, -0.2) is 31.6 Å². The van der Waals surface area contributed by atoms with Crippen molar-refractivity contribution in [2.24, 2.45) is 5.73 Å². The van der Waals surface area contributed by atoms with E-state index in [9.17, 15) is 4.79 Å². The zero-order chi connectivity index (χ0) is 14.3. The van der Waals surface area contributed by atoms with Crippen LogP contribution < -0.4 is 16.0 Å². The molecular weight excluding hydrogens is 274 g/mol. The Kier molecular flexibility index (Phi) is 8.26. The molecule has 0 heterocycles. The van der Waals surface area contributed by atoms with Crippen molar-refractivity contribution in [3.05, 3.63) is 30.3 Å². The minimum absolute atomic E-state index is 0. The van der Waals surface area contributed by atoms with Crippen LogP contribution in [0.15, 0.2) is 30.3 Å². The Morgan fingerprint density at radius 2 is 1.95 bits per heavy atom. The van der Waals surface area contributed by atoms with Gasteiger partial charge in [0.25, 0.3) is 0 Å². The summed E-state index contributed by atoms with van der Waals surface area (Å²) in [4.78, 5) is 14.0. The molecule has 4 nitrogen and oxygen atoms in total. The van der Waals surface area contributed by atoms with Gasteiger partial charge in [-0.05, 0) is 25.5 Å². The van der Waals surface area contributed by atoms with Crippen LogP contribution in [0.1, 0.15) is 26.7 Å². The van der Waals surface area contributed by atoms with E-state index in [2.05, 4.69) is 10.2 Å². The number of anilines is 1. The van der Waals surface area contributed by atoms with Gasteiger partial charge in [-0.25, -0.2) is 0 Å².